The van der Waals surface area contributed by atoms with Crippen LogP contribution in [0.4, 0.5) is 0 Å². The molecule has 0 fully saturated rings. The maximum Gasteiger partial charge on any atom is 0.319 e. The van der Waals surface area contributed by atoms with Gasteiger partial charge in [0.1, 0.15) is 5.25 Å². The van der Waals surface area contributed by atoms with Crippen LogP contribution < -0.4 is 21.2 Å². The third-order valence-corrected chi connectivity index (χ3v) is 16.2. The van der Waals surface area contributed by atoms with Crippen LogP contribution in [0.15, 0.2) is 126 Å². The van der Waals surface area contributed by atoms with Gasteiger partial charge in [0.05, 0.1) is 12.9 Å². The predicted octanol–water partition coefficient (Wildman–Crippen LogP) is 6.37. The molecule has 0 saturated heterocycles. The number of benzene rings is 4. The van der Waals surface area contributed by atoms with Crippen LogP contribution in [0, 0.1) is 0 Å². The fraction of sp³-hybridized carbons (Fsp3) is 0.138. The summed E-state index contributed by atoms with van der Waals surface area (Å²) >= 11 is 1.46. The summed E-state index contributed by atoms with van der Waals surface area (Å²) in [6, 6.07) is 38.7. The molecular formula is C29H29NO3P2S. The van der Waals surface area contributed by atoms with Crippen LogP contribution in [-0.2, 0) is 14.1 Å². The first-order chi connectivity index (χ1) is 17.5. The van der Waals surface area contributed by atoms with Crippen molar-refractivity contribution in [2.75, 3.05) is 6.61 Å². The first-order valence-corrected chi connectivity index (χ1v) is 16.7. The monoisotopic (exact) mass is 533 g/mol. The Kier molecular flexibility index (Phi) is 8.69. The summed E-state index contributed by atoms with van der Waals surface area (Å²) in [5.41, 5.74) is 0. The molecule has 7 heteroatoms. The highest BCUT2D eigenvalue weighted by atomic mass is 32.7. The number of nitrogens with zero attached hydrogens (tertiary/aromatic N) is 1. The second kappa shape index (κ2) is 11.9. The Morgan fingerprint density at radius 3 is 1.44 bits per heavy atom. The van der Waals surface area contributed by atoms with Gasteiger partial charge in [0.25, 0.3) is 0 Å². The molecule has 0 aliphatic heterocycles. The van der Waals surface area contributed by atoms with Gasteiger partial charge in [0.15, 0.2) is 0 Å². The molecule has 0 aliphatic carbocycles. The number of rotatable bonds is 9. The van der Waals surface area contributed by atoms with Gasteiger partial charge in [-0.2, -0.15) is 0 Å². The Hall–Kier alpha value is -2.84. The lowest BCUT2D eigenvalue weighted by molar-refractivity contribution is -0.142. The molecule has 1 atom stereocenters. The average Bonchev–Trinajstić information content (AvgIpc) is 2.94. The molecule has 0 amide bonds. The van der Waals surface area contributed by atoms with Crippen LogP contribution in [0.3, 0.4) is 0 Å². The van der Waals surface area contributed by atoms with E-state index in [0.29, 0.717) is 17.2 Å². The van der Waals surface area contributed by atoms with E-state index >= 15 is 4.57 Å². The number of carbonyl (C=O) groups is 1. The van der Waals surface area contributed by atoms with Gasteiger partial charge < -0.3 is 4.74 Å². The number of esters is 1. The lowest BCUT2D eigenvalue weighted by Crippen LogP contribution is -2.23. The van der Waals surface area contributed by atoms with E-state index in [-0.39, 0.29) is 5.97 Å². The van der Waals surface area contributed by atoms with E-state index in [1.54, 1.807) is 6.92 Å². The lowest BCUT2D eigenvalue weighted by atomic mass is 10.4. The largest absolute Gasteiger partial charge is 0.465 e. The van der Waals surface area contributed by atoms with E-state index in [9.17, 15) is 4.79 Å². The summed E-state index contributed by atoms with van der Waals surface area (Å²) in [7, 11) is -3.48. The van der Waals surface area contributed by atoms with Crippen molar-refractivity contribution in [1.82, 2.24) is 0 Å². The van der Waals surface area contributed by atoms with Crippen molar-refractivity contribution in [2.45, 2.75) is 19.1 Å². The highest BCUT2D eigenvalue weighted by Crippen LogP contribution is 2.68. The summed E-state index contributed by atoms with van der Waals surface area (Å²) in [6.07, 6.45) is -2.81. The van der Waals surface area contributed by atoms with Crippen molar-refractivity contribution in [3.05, 3.63) is 121 Å². The first-order valence-electron chi connectivity index (χ1n) is 11.8. The average molecular weight is 534 g/mol. The molecular weight excluding hydrogens is 504 g/mol. The molecule has 36 heavy (non-hydrogen) atoms. The van der Waals surface area contributed by atoms with Crippen molar-refractivity contribution in [3.8, 4) is 0 Å². The lowest BCUT2D eigenvalue weighted by Gasteiger charge is -2.30. The molecule has 0 heterocycles. The fourth-order valence-corrected chi connectivity index (χ4v) is 15.3. The Morgan fingerprint density at radius 2 is 1.08 bits per heavy atom. The van der Waals surface area contributed by atoms with Crippen molar-refractivity contribution in [2.24, 2.45) is 4.52 Å². The van der Waals surface area contributed by atoms with E-state index in [1.807, 2.05) is 128 Å². The van der Waals surface area contributed by atoms with E-state index in [2.05, 4.69) is 0 Å². The standard InChI is InChI=1S/C29H29NO3P2S/c1-3-33-29(31)24(2)36-35(27-20-12-6-13-21-27,28-22-14-7-15-23-28)30-34(32,25-16-8-4-9-17-25)26-18-10-5-11-19-26/h4-24H,3H2,1-2H3. The van der Waals surface area contributed by atoms with Crippen LogP contribution in [0.1, 0.15) is 13.8 Å². The number of hydrogen-bond acceptors (Lipinski definition) is 4. The molecule has 4 rings (SSSR count). The molecule has 0 spiro atoms. The summed E-state index contributed by atoms with van der Waals surface area (Å²) in [5.74, 6) is -0.303. The summed E-state index contributed by atoms with van der Waals surface area (Å²) in [6.45, 7) is 3.94. The van der Waals surface area contributed by atoms with Gasteiger partial charge in [0, 0.05) is 21.2 Å². The summed E-state index contributed by atoms with van der Waals surface area (Å²) in [4.78, 5) is 12.9. The van der Waals surface area contributed by atoms with Crippen LogP contribution in [0.5, 0.6) is 0 Å². The molecule has 4 aromatic carbocycles. The minimum atomic E-state index is -3.48. The summed E-state index contributed by atoms with van der Waals surface area (Å²) < 4.78 is 26.0. The SMILES string of the molecule is CCOC(=O)C(C)SP(=NP(=O)(c1ccccc1)c1ccccc1)(c1ccccc1)c1ccccc1. The number of carbonyl (C=O) groups excluding carboxylic acids is 1. The number of ether oxygens (including phenoxy) is 1. The molecule has 4 aromatic rings. The van der Waals surface area contributed by atoms with Crippen molar-refractivity contribution >= 4 is 52.1 Å². The highest BCUT2D eigenvalue weighted by Gasteiger charge is 2.37. The second-order valence-corrected chi connectivity index (χ2v) is 16.3. The van der Waals surface area contributed by atoms with Crippen LogP contribution >= 0.6 is 24.9 Å². The zero-order chi connectivity index (χ0) is 25.4. The van der Waals surface area contributed by atoms with E-state index in [4.69, 9.17) is 9.25 Å². The van der Waals surface area contributed by atoms with Crippen LogP contribution in [0.25, 0.3) is 0 Å². The highest BCUT2D eigenvalue weighted by molar-refractivity contribution is 8.64. The molecule has 0 aliphatic rings. The van der Waals surface area contributed by atoms with Gasteiger partial charge in [0.2, 0.25) is 7.29 Å². The number of hydrogen-bond donors (Lipinski definition) is 0. The summed E-state index contributed by atoms with van der Waals surface area (Å²) in [5, 5.41) is 2.71. The third kappa shape index (κ3) is 5.60. The maximum absolute atomic E-state index is 15.2. The van der Waals surface area contributed by atoms with Crippen LogP contribution in [0.2, 0.25) is 0 Å². The van der Waals surface area contributed by atoms with Crippen molar-refractivity contribution < 1.29 is 14.1 Å². The Bertz CT molecular complexity index is 1290. The van der Waals surface area contributed by atoms with Gasteiger partial charge in [-0.1, -0.05) is 108 Å². The smallest absolute Gasteiger partial charge is 0.319 e. The molecule has 0 saturated carbocycles. The zero-order valence-corrected chi connectivity index (χ0v) is 22.9. The Labute approximate surface area is 217 Å². The van der Waals surface area contributed by atoms with E-state index in [0.717, 1.165) is 10.6 Å². The fourth-order valence-electron chi connectivity index (χ4n) is 3.88. The minimum absolute atomic E-state index is 0.301. The van der Waals surface area contributed by atoms with E-state index < -0.39 is 18.8 Å². The molecule has 1 unspecified atom stereocenters. The minimum Gasteiger partial charge on any atom is -0.465 e. The third-order valence-electron chi connectivity index (χ3n) is 5.61. The predicted molar refractivity (Wildman–Crippen MR) is 155 cm³/mol. The molecule has 184 valence electrons. The Balaban J connectivity index is 2.10. The molecule has 0 N–H and O–H groups in total. The molecule has 4 nitrogen and oxygen atoms in total. The van der Waals surface area contributed by atoms with Gasteiger partial charge in [-0.05, 0) is 38.1 Å². The van der Waals surface area contributed by atoms with Gasteiger partial charge in [-0.15, -0.1) is 0 Å². The molecule has 0 aromatic heterocycles. The van der Waals surface area contributed by atoms with Crippen molar-refractivity contribution in [1.29, 1.82) is 0 Å². The molecule has 0 radical (unpaired) electrons. The topological polar surface area (TPSA) is 55.7 Å². The van der Waals surface area contributed by atoms with Gasteiger partial charge in [-0.3, -0.25) is 9.36 Å². The van der Waals surface area contributed by atoms with Crippen molar-refractivity contribution in [3.63, 3.8) is 0 Å². The first kappa shape index (κ1) is 26.2. The Morgan fingerprint density at radius 1 is 0.722 bits per heavy atom. The van der Waals surface area contributed by atoms with Crippen LogP contribution in [-0.4, -0.2) is 17.8 Å². The quantitative estimate of drug-likeness (QED) is 0.185. The van der Waals surface area contributed by atoms with Gasteiger partial charge >= 0.3 is 5.97 Å². The maximum atomic E-state index is 15.2. The normalized spacial score (nSPS) is 12.5. The zero-order valence-electron chi connectivity index (χ0n) is 20.3. The second-order valence-electron chi connectivity index (χ2n) is 8.08. The van der Waals surface area contributed by atoms with E-state index in [1.165, 1.54) is 11.4 Å². The van der Waals surface area contributed by atoms with Gasteiger partial charge in [-0.25, -0.2) is 4.52 Å². The molecule has 0 bridgehead atoms.